The van der Waals surface area contributed by atoms with Crippen LogP contribution < -0.4 is 0 Å². The van der Waals surface area contributed by atoms with Crippen molar-refractivity contribution in [1.82, 2.24) is 14.8 Å². The van der Waals surface area contributed by atoms with E-state index < -0.39 is 5.97 Å². The van der Waals surface area contributed by atoms with Gasteiger partial charge in [-0.15, -0.1) is 0 Å². The summed E-state index contributed by atoms with van der Waals surface area (Å²) in [5.74, 6) is -0.388. The first-order chi connectivity index (χ1) is 10.0. The van der Waals surface area contributed by atoms with Crippen molar-refractivity contribution in [3.63, 3.8) is 0 Å². The van der Waals surface area contributed by atoms with Crippen LogP contribution in [-0.4, -0.2) is 38.4 Å². The fourth-order valence-electron chi connectivity index (χ4n) is 1.85. The summed E-state index contributed by atoms with van der Waals surface area (Å²) in [6, 6.07) is 6.26. The molecule has 0 saturated carbocycles. The van der Waals surface area contributed by atoms with Gasteiger partial charge in [0.2, 0.25) is 0 Å². The number of ether oxygens (including phenoxy) is 1. The minimum atomic E-state index is -0.986. The second-order valence-electron chi connectivity index (χ2n) is 4.32. The third-order valence-electron chi connectivity index (χ3n) is 2.78. The summed E-state index contributed by atoms with van der Waals surface area (Å²) in [6.45, 7) is 3.81. The zero-order chi connectivity index (χ0) is 15.4. The van der Waals surface area contributed by atoms with Crippen molar-refractivity contribution in [2.75, 3.05) is 6.61 Å². The van der Waals surface area contributed by atoms with Gasteiger partial charge in [-0.1, -0.05) is 0 Å². The minimum absolute atomic E-state index is 0.00882. The predicted octanol–water partition coefficient (Wildman–Crippen LogP) is 1.38. The van der Waals surface area contributed by atoms with E-state index in [1.54, 1.807) is 30.7 Å². The molecule has 0 amide bonds. The molecule has 0 fully saturated rings. The molecule has 0 unspecified atom stereocenters. The Morgan fingerprint density at radius 3 is 2.52 bits per heavy atom. The van der Waals surface area contributed by atoms with Crippen LogP contribution in [0.3, 0.4) is 0 Å². The van der Waals surface area contributed by atoms with Gasteiger partial charge >= 0.3 is 11.9 Å². The number of hydrogen-bond acceptors (Lipinski definition) is 5. The van der Waals surface area contributed by atoms with Gasteiger partial charge in [0.25, 0.3) is 0 Å². The molecule has 0 atom stereocenters. The first kappa shape index (κ1) is 14.7. The number of carboxylic acid groups (broad SMARTS) is 1. The number of carbonyl (C=O) groups is 2. The summed E-state index contributed by atoms with van der Waals surface area (Å²) in [4.78, 5) is 26.4. The number of esters is 1. The normalized spacial score (nSPS) is 10.4. The smallest absolute Gasteiger partial charge is 0.335 e. The van der Waals surface area contributed by atoms with E-state index in [-0.39, 0.29) is 18.0 Å². The van der Waals surface area contributed by atoms with Gasteiger partial charge in [-0.25, -0.2) is 14.5 Å². The van der Waals surface area contributed by atoms with Crippen LogP contribution in [0.4, 0.5) is 0 Å². The maximum absolute atomic E-state index is 11.4. The highest BCUT2D eigenvalue weighted by Gasteiger charge is 2.13. The van der Waals surface area contributed by atoms with E-state index in [2.05, 4.69) is 10.1 Å². The van der Waals surface area contributed by atoms with Crippen LogP contribution in [0.5, 0.6) is 0 Å². The standard InChI is InChI=1S/C14H15N3O4/c1-3-21-13(18)8-12-15-9(2)17(16-12)11-6-4-10(5-7-11)14(19)20/h4-7H,3,8H2,1-2H3,(H,19,20). The average molecular weight is 289 g/mol. The van der Waals surface area contributed by atoms with Gasteiger partial charge in [0.1, 0.15) is 12.2 Å². The molecule has 7 heteroatoms. The second kappa shape index (κ2) is 6.17. The first-order valence-corrected chi connectivity index (χ1v) is 6.43. The molecular weight excluding hydrogens is 274 g/mol. The summed E-state index contributed by atoms with van der Waals surface area (Å²) >= 11 is 0. The van der Waals surface area contributed by atoms with Crippen LogP contribution in [-0.2, 0) is 16.0 Å². The SMILES string of the molecule is CCOC(=O)Cc1nc(C)n(-c2ccc(C(=O)O)cc2)n1. The lowest BCUT2D eigenvalue weighted by molar-refractivity contribution is -0.142. The van der Waals surface area contributed by atoms with Crippen molar-refractivity contribution < 1.29 is 19.4 Å². The lowest BCUT2D eigenvalue weighted by Crippen LogP contribution is -2.09. The van der Waals surface area contributed by atoms with Crippen LogP contribution in [0.1, 0.15) is 28.9 Å². The lowest BCUT2D eigenvalue weighted by atomic mass is 10.2. The molecule has 2 aromatic rings. The highest BCUT2D eigenvalue weighted by atomic mass is 16.5. The van der Waals surface area contributed by atoms with Crippen LogP contribution >= 0.6 is 0 Å². The maximum atomic E-state index is 11.4. The van der Waals surface area contributed by atoms with Crippen molar-refractivity contribution in [2.24, 2.45) is 0 Å². The Labute approximate surface area is 121 Å². The Morgan fingerprint density at radius 1 is 1.29 bits per heavy atom. The fourth-order valence-corrected chi connectivity index (χ4v) is 1.85. The highest BCUT2D eigenvalue weighted by Crippen LogP contribution is 2.11. The van der Waals surface area contributed by atoms with Crippen molar-refractivity contribution >= 4 is 11.9 Å². The summed E-state index contributed by atoms with van der Waals surface area (Å²) in [6.07, 6.45) is 0.00882. The molecule has 0 radical (unpaired) electrons. The van der Waals surface area contributed by atoms with Crippen LogP contribution in [0, 0.1) is 6.92 Å². The summed E-state index contributed by atoms with van der Waals surface area (Å²) in [5.41, 5.74) is 0.878. The molecule has 7 nitrogen and oxygen atoms in total. The molecule has 0 aliphatic rings. The molecule has 110 valence electrons. The molecule has 1 heterocycles. The quantitative estimate of drug-likeness (QED) is 0.836. The van der Waals surface area contributed by atoms with E-state index in [1.807, 2.05) is 0 Å². The van der Waals surface area contributed by atoms with E-state index >= 15 is 0 Å². The van der Waals surface area contributed by atoms with Gasteiger partial charge in [0.05, 0.1) is 17.9 Å². The zero-order valence-corrected chi connectivity index (χ0v) is 11.7. The van der Waals surface area contributed by atoms with E-state index in [1.165, 1.54) is 12.1 Å². The van der Waals surface area contributed by atoms with E-state index in [4.69, 9.17) is 9.84 Å². The second-order valence-corrected chi connectivity index (χ2v) is 4.32. The fraction of sp³-hybridized carbons (Fsp3) is 0.286. The Balaban J connectivity index is 2.22. The largest absolute Gasteiger partial charge is 0.478 e. The van der Waals surface area contributed by atoms with Crippen molar-refractivity contribution in [3.8, 4) is 5.69 Å². The number of carbonyl (C=O) groups excluding carboxylic acids is 1. The molecule has 0 spiro atoms. The maximum Gasteiger partial charge on any atom is 0.335 e. The zero-order valence-electron chi connectivity index (χ0n) is 11.7. The molecule has 1 N–H and O–H groups in total. The van der Waals surface area contributed by atoms with E-state index in [0.717, 1.165) is 0 Å². The summed E-state index contributed by atoms with van der Waals surface area (Å²) in [7, 11) is 0. The van der Waals surface area contributed by atoms with Crippen molar-refractivity contribution in [3.05, 3.63) is 41.5 Å². The molecule has 0 saturated heterocycles. The molecule has 0 aliphatic carbocycles. The monoisotopic (exact) mass is 289 g/mol. The van der Waals surface area contributed by atoms with Crippen molar-refractivity contribution in [2.45, 2.75) is 20.3 Å². The van der Waals surface area contributed by atoms with Crippen LogP contribution in [0.15, 0.2) is 24.3 Å². The minimum Gasteiger partial charge on any atom is -0.478 e. The number of rotatable bonds is 5. The predicted molar refractivity (Wildman–Crippen MR) is 73.4 cm³/mol. The van der Waals surface area contributed by atoms with Gasteiger partial charge < -0.3 is 9.84 Å². The van der Waals surface area contributed by atoms with Gasteiger partial charge in [-0.3, -0.25) is 4.79 Å². The average Bonchev–Trinajstić information content (AvgIpc) is 2.79. The number of aryl methyl sites for hydroxylation is 1. The number of nitrogens with zero attached hydrogens (tertiary/aromatic N) is 3. The third kappa shape index (κ3) is 3.44. The van der Waals surface area contributed by atoms with Gasteiger partial charge in [-0.05, 0) is 38.1 Å². The van der Waals surface area contributed by atoms with Crippen molar-refractivity contribution in [1.29, 1.82) is 0 Å². The molecule has 2 rings (SSSR count). The Hall–Kier alpha value is -2.70. The van der Waals surface area contributed by atoms with E-state index in [0.29, 0.717) is 23.9 Å². The summed E-state index contributed by atoms with van der Waals surface area (Å²) < 4.78 is 6.41. The highest BCUT2D eigenvalue weighted by molar-refractivity contribution is 5.87. The summed E-state index contributed by atoms with van der Waals surface area (Å²) in [5, 5.41) is 13.1. The van der Waals surface area contributed by atoms with Crippen LogP contribution in [0.2, 0.25) is 0 Å². The lowest BCUT2D eigenvalue weighted by Gasteiger charge is -2.03. The molecular formula is C14H15N3O4. The number of benzene rings is 1. The number of carboxylic acids is 1. The Kier molecular flexibility index (Phi) is 4.32. The molecule has 0 aliphatic heterocycles. The number of aromatic nitrogens is 3. The van der Waals surface area contributed by atoms with Gasteiger partial charge in [-0.2, -0.15) is 5.10 Å². The number of aromatic carboxylic acids is 1. The van der Waals surface area contributed by atoms with Crippen LogP contribution in [0.25, 0.3) is 5.69 Å². The first-order valence-electron chi connectivity index (χ1n) is 6.43. The molecule has 21 heavy (non-hydrogen) atoms. The topological polar surface area (TPSA) is 94.3 Å². The number of hydrogen-bond donors (Lipinski definition) is 1. The third-order valence-corrected chi connectivity index (χ3v) is 2.78. The molecule has 1 aromatic carbocycles. The Morgan fingerprint density at radius 2 is 1.95 bits per heavy atom. The molecule has 1 aromatic heterocycles. The Bertz CT molecular complexity index is 661. The van der Waals surface area contributed by atoms with Gasteiger partial charge in [0.15, 0.2) is 5.82 Å². The molecule has 0 bridgehead atoms. The van der Waals surface area contributed by atoms with E-state index in [9.17, 15) is 9.59 Å². The van der Waals surface area contributed by atoms with Gasteiger partial charge in [0, 0.05) is 0 Å².